The second-order valence-electron chi connectivity index (χ2n) is 6.38. The Morgan fingerprint density at radius 3 is 3.00 bits per heavy atom. The summed E-state index contributed by atoms with van der Waals surface area (Å²) in [6, 6.07) is 5.69. The number of ether oxygens (including phenoxy) is 2. The fourth-order valence-corrected chi connectivity index (χ4v) is 3.63. The van der Waals surface area contributed by atoms with Crippen molar-refractivity contribution in [2.24, 2.45) is 5.92 Å². The van der Waals surface area contributed by atoms with Crippen LogP contribution in [0.3, 0.4) is 0 Å². The Morgan fingerprint density at radius 2 is 2.20 bits per heavy atom. The maximum atomic E-state index is 12.8. The maximum absolute atomic E-state index is 12.8. The lowest BCUT2D eigenvalue weighted by Crippen LogP contribution is -2.51. The molecule has 0 bridgehead atoms. The molecule has 3 atom stereocenters. The van der Waals surface area contributed by atoms with Gasteiger partial charge in [0.1, 0.15) is 5.69 Å². The minimum atomic E-state index is -0.0716. The van der Waals surface area contributed by atoms with Crippen molar-refractivity contribution in [3.8, 4) is 5.88 Å². The van der Waals surface area contributed by atoms with Crippen LogP contribution in [-0.4, -0.2) is 57.7 Å². The molecule has 2 aliphatic rings. The SMILES string of the molecule is O=C(c1cnccn1)N1CCO[C@@H]2CC(COc3ccccn3)C[C@H]21. The average molecular weight is 340 g/mol. The minimum absolute atomic E-state index is 0.0618. The predicted octanol–water partition coefficient (Wildman–Crippen LogP) is 1.57. The number of nitrogens with zero attached hydrogens (tertiary/aromatic N) is 4. The van der Waals surface area contributed by atoms with E-state index in [-0.39, 0.29) is 18.1 Å². The zero-order chi connectivity index (χ0) is 17.1. The lowest BCUT2D eigenvalue weighted by molar-refractivity contribution is -0.0450. The second kappa shape index (κ2) is 7.14. The first-order chi connectivity index (χ1) is 12.3. The normalized spacial score (nSPS) is 25.4. The lowest BCUT2D eigenvalue weighted by Gasteiger charge is -2.37. The van der Waals surface area contributed by atoms with Crippen LogP contribution in [0.25, 0.3) is 0 Å². The molecule has 1 saturated carbocycles. The number of pyridine rings is 1. The minimum Gasteiger partial charge on any atom is -0.477 e. The molecule has 2 fully saturated rings. The molecule has 7 nitrogen and oxygen atoms in total. The van der Waals surface area contributed by atoms with Crippen LogP contribution in [0.1, 0.15) is 23.3 Å². The summed E-state index contributed by atoms with van der Waals surface area (Å²) in [6.07, 6.45) is 8.16. The van der Waals surface area contributed by atoms with E-state index in [9.17, 15) is 4.79 Å². The molecule has 3 heterocycles. The number of amides is 1. The third kappa shape index (κ3) is 3.46. The average Bonchev–Trinajstić information content (AvgIpc) is 3.10. The van der Waals surface area contributed by atoms with Gasteiger partial charge in [-0.2, -0.15) is 0 Å². The number of hydrogen-bond donors (Lipinski definition) is 0. The van der Waals surface area contributed by atoms with Crippen molar-refractivity contribution in [3.63, 3.8) is 0 Å². The van der Waals surface area contributed by atoms with Gasteiger partial charge in [-0.05, 0) is 24.8 Å². The Morgan fingerprint density at radius 1 is 1.24 bits per heavy atom. The van der Waals surface area contributed by atoms with Gasteiger partial charge in [-0.15, -0.1) is 0 Å². The van der Waals surface area contributed by atoms with Gasteiger partial charge in [0.05, 0.1) is 31.6 Å². The summed E-state index contributed by atoms with van der Waals surface area (Å²) in [5.74, 6) is 0.899. The van der Waals surface area contributed by atoms with Gasteiger partial charge >= 0.3 is 0 Å². The highest BCUT2D eigenvalue weighted by Gasteiger charge is 2.43. The Bertz CT molecular complexity index is 713. The van der Waals surface area contributed by atoms with Gasteiger partial charge < -0.3 is 14.4 Å². The van der Waals surface area contributed by atoms with Crippen LogP contribution in [0.15, 0.2) is 43.0 Å². The first-order valence-electron chi connectivity index (χ1n) is 8.53. The number of fused-ring (bicyclic) bond motifs is 1. The molecular weight excluding hydrogens is 320 g/mol. The molecule has 0 spiro atoms. The zero-order valence-corrected chi connectivity index (χ0v) is 13.8. The molecule has 7 heteroatoms. The predicted molar refractivity (Wildman–Crippen MR) is 89.1 cm³/mol. The van der Waals surface area contributed by atoms with E-state index >= 15 is 0 Å². The molecule has 0 N–H and O–H groups in total. The molecule has 0 radical (unpaired) electrons. The highest BCUT2D eigenvalue weighted by molar-refractivity contribution is 5.92. The highest BCUT2D eigenvalue weighted by Crippen LogP contribution is 2.35. The van der Waals surface area contributed by atoms with Crippen LogP contribution in [0.4, 0.5) is 0 Å². The Balaban J connectivity index is 1.41. The van der Waals surface area contributed by atoms with Gasteiger partial charge in [0.25, 0.3) is 5.91 Å². The van der Waals surface area contributed by atoms with Gasteiger partial charge in [-0.25, -0.2) is 9.97 Å². The molecule has 130 valence electrons. The standard InChI is InChI=1S/C18H20N4O3/c23-18(14-11-19-5-6-20-14)22-7-8-24-16-10-13(9-15(16)22)12-25-17-3-1-2-4-21-17/h1-6,11,13,15-16H,7-10,12H2/t13?,15-,16-/m1/s1. The molecule has 1 saturated heterocycles. The van der Waals surface area contributed by atoms with Gasteiger partial charge in [0.15, 0.2) is 0 Å². The van der Waals surface area contributed by atoms with Crippen molar-refractivity contribution >= 4 is 5.91 Å². The highest BCUT2D eigenvalue weighted by atomic mass is 16.5. The third-order valence-electron chi connectivity index (χ3n) is 4.78. The summed E-state index contributed by atoms with van der Waals surface area (Å²) in [4.78, 5) is 27.0. The quantitative estimate of drug-likeness (QED) is 0.841. The first-order valence-corrected chi connectivity index (χ1v) is 8.53. The molecule has 1 amide bonds. The molecule has 4 rings (SSSR count). The van der Waals surface area contributed by atoms with Crippen molar-refractivity contribution in [1.29, 1.82) is 0 Å². The third-order valence-corrected chi connectivity index (χ3v) is 4.78. The summed E-state index contributed by atoms with van der Waals surface area (Å²) < 4.78 is 11.7. The van der Waals surface area contributed by atoms with E-state index in [0.717, 1.165) is 12.8 Å². The van der Waals surface area contributed by atoms with Crippen LogP contribution >= 0.6 is 0 Å². The summed E-state index contributed by atoms with van der Waals surface area (Å²) in [5, 5.41) is 0. The summed E-state index contributed by atoms with van der Waals surface area (Å²) in [5.41, 5.74) is 0.385. The van der Waals surface area contributed by atoms with E-state index in [1.54, 1.807) is 18.6 Å². The molecule has 25 heavy (non-hydrogen) atoms. The maximum Gasteiger partial charge on any atom is 0.274 e. The molecule has 2 aromatic rings. The number of morpholine rings is 1. The van der Waals surface area contributed by atoms with E-state index in [2.05, 4.69) is 15.0 Å². The van der Waals surface area contributed by atoms with Crippen molar-refractivity contribution < 1.29 is 14.3 Å². The fraction of sp³-hybridized carbons (Fsp3) is 0.444. The Hall–Kier alpha value is -2.54. The van der Waals surface area contributed by atoms with Crippen LogP contribution in [0.2, 0.25) is 0 Å². The van der Waals surface area contributed by atoms with E-state index in [0.29, 0.717) is 37.3 Å². The molecule has 2 aromatic heterocycles. The Kier molecular flexibility index (Phi) is 4.56. The number of hydrogen-bond acceptors (Lipinski definition) is 6. The number of aromatic nitrogens is 3. The largest absolute Gasteiger partial charge is 0.477 e. The van der Waals surface area contributed by atoms with Crippen LogP contribution < -0.4 is 4.74 Å². The molecule has 1 aliphatic carbocycles. The smallest absolute Gasteiger partial charge is 0.274 e. The van der Waals surface area contributed by atoms with Crippen molar-refractivity contribution in [3.05, 3.63) is 48.7 Å². The summed E-state index contributed by atoms with van der Waals surface area (Å²) in [6.45, 7) is 1.73. The van der Waals surface area contributed by atoms with Crippen LogP contribution in [0.5, 0.6) is 5.88 Å². The molecule has 1 unspecified atom stereocenters. The summed E-state index contributed by atoms with van der Waals surface area (Å²) in [7, 11) is 0. The van der Waals surface area contributed by atoms with Crippen molar-refractivity contribution in [2.75, 3.05) is 19.8 Å². The monoisotopic (exact) mass is 340 g/mol. The zero-order valence-electron chi connectivity index (χ0n) is 13.8. The fourth-order valence-electron chi connectivity index (χ4n) is 3.63. The van der Waals surface area contributed by atoms with E-state index in [1.807, 2.05) is 23.1 Å². The number of carbonyl (C=O) groups is 1. The lowest BCUT2D eigenvalue weighted by atomic mass is 10.1. The van der Waals surface area contributed by atoms with Gasteiger partial charge in [-0.3, -0.25) is 9.78 Å². The molecule has 1 aliphatic heterocycles. The van der Waals surface area contributed by atoms with Crippen LogP contribution in [0, 0.1) is 5.92 Å². The Labute approximate surface area is 146 Å². The van der Waals surface area contributed by atoms with E-state index in [1.165, 1.54) is 6.20 Å². The van der Waals surface area contributed by atoms with E-state index in [4.69, 9.17) is 9.47 Å². The molecular formula is C18H20N4O3. The van der Waals surface area contributed by atoms with Crippen LogP contribution in [-0.2, 0) is 4.74 Å². The molecule has 0 aromatic carbocycles. The van der Waals surface area contributed by atoms with E-state index < -0.39 is 0 Å². The summed E-state index contributed by atoms with van der Waals surface area (Å²) >= 11 is 0. The van der Waals surface area contributed by atoms with Gasteiger partial charge in [0, 0.05) is 31.2 Å². The van der Waals surface area contributed by atoms with Gasteiger partial charge in [-0.1, -0.05) is 6.07 Å². The number of rotatable bonds is 4. The van der Waals surface area contributed by atoms with Gasteiger partial charge in [0.2, 0.25) is 5.88 Å². The second-order valence-corrected chi connectivity index (χ2v) is 6.38. The van der Waals surface area contributed by atoms with Crippen molar-refractivity contribution in [1.82, 2.24) is 19.9 Å². The topological polar surface area (TPSA) is 77.4 Å². The first kappa shape index (κ1) is 16.0. The number of carbonyl (C=O) groups excluding carboxylic acids is 1. The van der Waals surface area contributed by atoms with Crippen molar-refractivity contribution in [2.45, 2.75) is 25.0 Å².